The van der Waals surface area contributed by atoms with Crippen molar-refractivity contribution in [2.45, 2.75) is 71.8 Å². The van der Waals surface area contributed by atoms with Crippen molar-refractivity contribution in [1.82, 2.24) is 10.6 Å². The molecular formula is C15H30N2O. The monoisotopic (exact) mass is 254 g/mol. The van der Waals surface area contributed by atoms with Gasteiger partial charge in [-0.15, -0.1) is 0 Å². The van der Waals surface area contributed by atoms with E-state index in [1.54, 1.807) is 0 Å². The molecule has 0 aromatic carbocycles. The summed E-state index contributed by atoms with van der Waals surface area (Å²) in [5.74, 6) is 0.192. The summed E-state index contributed by atoms with van der Waals surface area (Å²) >= 11 is 0. The first kappa shape index (κ1) is 15.5. The Hall–Kier alpha value is -0.570. The summed E-state index contributed by atoms with van der Waals surface area (Å²) in [4.78, 5) is 11.8. The summed E-state index contributed by atoms with van der Waals surface area (Å²) in [7, 11) is 0. The van der Waals surface area contributed by atoms with Gasteiger partial charge in [0.15, 0.2) is 0 Å². The largest absolute Gasteiger partial charge is 0.355 e. The number of nitrogens with one attached hydrogen (secondary N) is 2. The molecular weight excluding hydrogens is 224 g/mol. The van der Waals surface area contributed by atoms with Crippen LogP contribution in [0.5, 0.6) is 0 Å². The van der Waals surface area contributed by atoms with Crippen LogP contribution < -0.4 is 10.6 Å². The Morgan fingerprint density at radius 1 is 1.33 bits per heavy atom. The first-order chi connectivity index (χ1) is 8.55. The number of hydrogen-bond donors (Lipinski definition) is 2. The Morgan fingerprint density at radius 3 is 2.83 bits per heavy atom. The SMILES string of the molecule is CCCCCC(C)(C)CNC1CCCCNC1=O. The highest BCUT2D eigenvalue weighted by Gasteiger charge is 2.24. The number of carbonyl (C=O) groups is 1. The lowest BCUT2D eigenvalue weighted by Gasteiger charge is -2.27. The van der Waals surface area contributed by atoms with Crippen LogP contribution in [0.25, 0.3) is 0 Å². The van der Waals surface area contributed by atoms with Crippen molar-refractivity contribution in [3.63, 3.8) is 0 Å². The first-order valence-corrected chi connectivity index (χ1v) is 7.56. The van der Waals surface area contributed by atoms with E-state index in [1.807, 2.05) is 0 Å². The van der Waals surface area contributed by atoms with Crippen molar-refractivity contribution in [2.24, 2.45) is 5.41 Å². The predicted molar refractivity (Wildman–Crippen MR) is 76.6 cm³/mol. The average Bonchev–Trinajstić information content (AvgIpc) is 2.52. The zero-order chi connectivity index (χ0) is 13.4. The van der Waals surface area contributed by atoms with Gasteiger partial charge in [-0.05, 0) is 31.1 Å². The van der Waals surface area contributed by atoms with E-state index in [-0.39, 0.29) is 11.9 Å². The van der Waals surface area contributed by atoms with Crippen molar-refractivity contribution in [3.8, 4) is 0 Å². The lowest BCUT2D eigenvalue weighted by Crippen LogP contribution is -2.46. The van der Waals surface area contributed by atoms with Gasteiger partial charge in [-0.1, -0.05) is 40.0 Å². The molecule has 1 aliphatic rings. The Morgan fingerprint density at radius 2 is 2.11 bits per heavy atom. The van der Waals surface area contributed by atoms with Crippen LogP contribution in [0.2, 0.25) is 0 Å². The Balaban J connectivity index is 2.30. The molecule has 1 unspecified atom stereocenters. The Labute approximate surface area is 112 Å². The molecule has 1 rings (SSSR count). The van der Waals surface area contributed by atoms with Gasteiger partial charge in [-0.3, -0.25) is 4.79 Å². The molecule has 1 heterocycles. The van der Waals surface area contributed by atoms with E-state index < -0.39 is 0 Å². The van der Waals surface area contributed by atoms with E-state index in [0.717, 1.165) is 32.4 Å². The van der Waals surface area contributed by atoms with Gasteiger partial charge < -0.3 is 10.6 Å². The third-order valence-corrected chi connectivity index (χ3v) is 3.82. The minimum atomic E-state index is 0.0259. The summed E-state index contributed by atoms with van der Waals surface area (Å²) < 4.78 is 0. The van der Waals surface area contributed by atoms with Gasteiger partial charge in [0, 0.05) is 13.1 Å². The molecule has 1 fully saturated rings. The van der Waals surface area contributed by atoms with E-state index >= 15 is 0 Å². The van der Waals surface area contributed by atoms with E-state index in [2.05, 4.69) is 31.4 Å². The van der Waals surface area contributed by atoms with Crippen LogP contribution in [-0.2, 0) is 4.79 Å². The van der Waals surface area contributed by atoms with E-state index in [0.29, 0.717) is 5.41 Å². The lowest BCUT2D eigenvalue weighted by atomic mass is 9.86. The minimum Gasteiger partial charge on any atom is -0.355 e. The molecule has 2 N–H and O–H groups in total. The topological polar surface area (TPSA) is 41.1 Å². The van der Waals surface area contributed by atoms with Crippen molar-refractivity contribution >= 4 is 5.91 Å². The first-order valence-electron chi connectivity index (χ1n) is 7.56. The summed E-state index contributed by atoms with van der Waals surface area (Å²) in [6.07, 6.45) is 8.36. The second kappa shape index (κ2) is 7.78. The smallest absolute Gasteiger partial charge is 0.237 e. The second-order valence-corrected chi connectivity index (χ2v) is 6.34. The molecule has 1 amide bonds. The molecule has 0 aromatic rings. The van der Waals surface area contributed by atoms with Crippen molar-refractivity contribution in [1.29, 1.82) is 0 Å². The maximum atomic E-state index is 11.8. The summed E-state index contributed by atoms with van der Waals surface area (Å²) in [5.41, 5.74) is 0.293. The molecule has 0 aromatic heterocycles. The van der Waals surface area contributed by atoms with Crippen LogP contribution in [0.3, 0.4) is 0 Å². The molecule has 0 radical (unpaired) electrons. The highest BCUT2D eigenvalue weighted by molar-refractivity contribution is 5.81. The third kappa shape index (κ3) is 5.85. The van der Waals surface area contributed by atoms with Crippen molar-refractivity contribution in [3.05, 3.63) is 0 Å². The average molecular weight is 254 g/mol. The van der Waals surface area contributed by atoms with Gasteiger partial charge in [0.1, 0.15) is 0 Å². The molecule has 1 atom stereocenters. The van der Waals surface area contributed by atoms with Crippen LogP contribution in [0.1, 0.15) is 65.7 Å². The standard InChI is InChI=1S/C15H30N2O/c1-4-5-7-10-15(2,3)12-17-13-9-6-8-11-16-14(13)18/h13,17H,4-12H2,1-3H3,(H,16,18). The maximum absolute atomic E-state index is 11.8. The Kier molecular flexibility index (Phi) is 6.69. The van der Waals surface area contributed by atoms with Gasteiger partial charge in [0.05, 0.1) is 6.04 Å². The fourth-order valence-electron chi connectivity index (χ4n) is 2.48. The summed E-state index contributed by atoms with van der Waals surface area (Å²) in [6.45, 7) is 8.61. The van der Waals surface area contributed by atoms with Gasteiger partial charge in [-0.25, -0.2) is 0 Å². The summed E-state index contributed by atoms with van der Waals surface area (Å²) in [6, 6.07) is 0.0259. The summed E-state index contributed by atoms with van der Waals surface area (Å²) in [5, 5.41) is 6.45. The van der Waals surface area contributed by atoms with Crippen LogP contribution >= 0.6 is 0 Å². The zero-order valence-corrected chi connectivity index (χ0v) is 12.3. The van der Waals surface area contributed by atoms with Crippen molar-refractivity contribution < 1.29 is 4.79 Å². The normalized spacial score (nSPS) is 21.5. The minimum absolute atomic E-state index is 0.0259. The van der Waals surface area contributed by atoms with E-state index in [4.69, 9.17) is 0 Å². The van der Waals surface area contributed by atoms with Crippen LogP contribution in [0, 0.1) is 5.41 Å². The van der Waals surface area contributed by atoms with Gasteiger partial charge in [0.2, 0.25) is 5.91 Å². The molecule has 0 bridgehead atoms. The van der Waals surface area contributed by atoms with E-state index in [9.17, 15) is 4.79 Å². The number of amides is 1. The molecule has 106 valence electrons. The molecule has 1 saturated heterocycles. The predicted octanol–water partition coefficient (Wildman–Crippen LogP) is 2.85. The van der Waals surface area contributed by atoms with Gasteiger partial charge in [0.25, 0.3) is 0 Å². The molecule has 0 saturated carbocycles. The third-order valence-electron chi connectivity index (χ3n) is 3.82. The number of carbonyl (C=O) groups excluding carboxylic acids is 1. The molecule has 1 aliphatic heterocycles. The second-order valence-electron chi connectivity index (χ2n) is 6.34. The Bertz CT molecular complexity index is 251. The zero-order valence-electron chi connectivity index (χ0n) is 12.3. The van der Waals surface area contributed by atoms with Gasteiger partial charge >= 0.3 is 0 Å². The highest BCUT2D eigenvalue weighted by atomic mass is 16.2. The number of hydrogen-bond acceptors (Lipinski definition) is 2. The number of rotatable bonds is 7. The maximum Gasteiger partial charge on any atom is 0.237 e. The quantitative estimate of drug-likeness (QED) is 0.686. The van der Waals surface area contributed by atoms with Crippen molar-refractivity contribution in [2.75, 3.05) is 13.1 Å². The van der Waals surface area contributed by atoms with Crippen LogP contribution in [0.4, 0.5) is 0 Å². The molecule has 18 heavy (non-hydrogen) atoms. The molecule has 3 heteroatoms. The number of unbranched alkanes of at least 4 members (excludes halogenated alkanes) is 2. The van der Waals surface area contributed by atoms with E-state index in [1.165, 1.54) is 25.7 Å². The van der Waals surface area contributed by atoms with Crippen LogP contribution in [0.15, 0.2) is 0 Å². The fourth-order valence-corrected chi connectivity index (χ4v) is 2.48. The highest BCUT2D eigenvalue weighted by Crippen LogP contribution is 2.23. The molecule has 0 spiro atoms. The lowest BCUT2D eigenvalue weighted by molar-refractivity contribution is -0.122. The molecule has 3 nitrogen and oxygen atoms in total. The van der Waals surface area contributed by atoms with Crippen LogP contribution in [-0.4, -0.2) is 25.0 Å². The van der Waals surface area contributed by atoms with Gasteiger partial charge in [-0.2, -0.15) is 0 Å². The fraction of sp³-hybridized carbons (Fsp3) is 0.933. The molecule has 0 aliphatic carbocycles.